The molecule has 1 aliphatic rings. The second-order valence-electron chi connectivity index (χ2n) is 9.28. The number of fused-ring (bicyclic) bond motifs is 2. The van der Waals surface area contributed by atoms with Gasteiger partial charge in [-0.2, -0.15) is 0 Å². The lowest BCUT2D eigenvalue weighted by atomic mass is 9.93. The second-order valence-corrected chi connectivity index (χ2v) is 9.28. The first kappa shape index (κ1) is 24.2. The van der Waals surface area contributed by atoms with E-state index in [1.54, 1.807) is 18.3 Å². The molecule has 0 bridgehead atoms. The Morgan fingerprint density at radius 2 is 1.59 bits per heavy atom. The molecule has 0 saturated heterocycles. The molecule has 0 fully saturated rings. The van der Waals surface area contributed by atoms with Gasteiger partial charge in [-0.05, 0) is 71.1 Å². The SMILES string of the molecule is Cc1c(-c2ccc3c(c2)OCCO3)cccc1-c1ccn2c(-c3ccc(C(=O)NCC(=O)O)cc3)cnc2c1. The van der Waals surface area contributed by atoms with E-state index in [9.17, 15) is 9.59 Å². The number of nitrogens with zero attached hydrogens (tertiary/aromatic N) is 2. The smallest absolute Gasteiger partial charge is 0.322 e. The number of rotatable bonds is 6. The molecule has 6 rings (SSSR count). The van der Waals surface area contributed by atoms with Crippen LogP contribution in [0.3, 0.4) is 0 Å². The number of nitrogens with one attached hydrogen (secondary N) is 1. The van der Waals surface area contributed by atoms with Crippen molar-refractivity contribution in [3.63, 3.8) is 0 Å². The van der Waals surface area contributed by atoms with E-state index in [0.29, 0.717) is 18.8 Å². The molecule has 1 aliphatic heterocycles. The van der Waals surface area contributed by atoms with E-state index in [0.717, 1.165) is 56.2 Å². The van der Waals surface area contributed by atoms with Crippen LogP contribution in [0.25, 0.3) is 39.2 Å². The molecule has 8 heteroatoms. The van der Waals surface area contributed by atoms with E-state index in [4.69, 9.17) is 14.6 Å². The standard InChI is InChI=1S/C31H25N3O5/c1-19-24(22-9-10-27-28(15-22)39-14-13-38-27)3-2-4-25(19)23-11-12-34-26(17-32-29(34)16-23)20-5-7-21(8-6-20)31(37)33-18-30(35)36/h2-12,15-17H,13-14,18H2,1H3,(H,33,37)(H,35,36). The molecule has 194 valence electrons. The van der Waals surface area contributed by atoms with Gasteiger partial charge in [0.25, 0.3) is 5.91 Å². The molecule has 1 amide bonds. The number of ether oxygens (including phenoxy) is 2. The van der Waals surface area contributed by atoms with Crippen molar-refractivity contribution >= 4 is 17.5 Å². The molecule has 3 aromatic carbocycles. The number of carbonyl (C=O) groups is 2. The summed E-state index contributed by atoms with van der Waals surface area (Å²) in [7, 11) is 0. The fourth-order valence-corrected chi connectivity index (χ4v) is 4.88. The number of aromatic nitrogens is 2. The Morgan fingerprint density at radius 1 is 0.897 bits per heavy atom. The van der Waals surface area contributed by atoms with E-state index in [1.807, 2.05) is 34.9 Å². The summed E-state index contributed by atoms with van der Waals surface area (Å²) >= 11 is 0. The number of aliphatic carboxylic acids is 1. The maximum absolute atomic E-state index is 12.1. The molecule has 8 nitrogen and oxygen atoms in total. The van der Waals surface area contributed by atoms with Crippen molar-refractivity contribution in [2.24, 2.45) is 0 Å². The normalized spacial score (nSPS) is 12.3. The molecule has 0 atom stereocenters. The van der Waals surface area contributed by atoms with Gasteiger partial charge in [0.2, 0.25) is 0 Å². The topological polar surface area (TPSA) is 102 Å². The lowest BCUT2D eigenvalue weighted by Gasteiger charge is -2.19. The fraction of sp³-hybridized carbons (Fsp3) is 0.129. The van der Waals surface area contributed by atoms with Crippen molar-refractivity contribution in [2.45, 2.75) is 6.92 Å². The zero-order valence-corrected chi connectivity index (χ0v) is 21.2. The lowest BCUT2D eigenvalue weighted by molar-refractivity contribution is -0.135. The van der Waals surface area contributed by atoms with Crippen molar-refractivity contribution in [3.8, 4) is 45.0 Å². The van der Waals surface area contributed by atoms with Crippen molar-refractivity contribution in [1.29, 1.82) is 0 Å². The molecule has 0 saturated carbocycles. The van der Waals surface area contributed by atoms with E-state index in [1.165, 1.54) is 0 Å². The predicted octanol–water partition coefficient (Wildman–Crippen LogP) is 5.23. The average Bonchev–Trinajstić information content (AvgIpc) is 3.39. The van der Waals surface area contributed by atoms with E-state index in [-0.39, 0.29) is 0 Å². The summed E-state index contributed by atoms with van der Waals surface area (Å²) in [5, 5.41) is 11.1. The highest BCUT2D eigenvalue weighted by atomic mass is 16.6. The van der Waals surface area contributed by atoms with Crippen LogP contribution in [0.4, 0.5) is 0 Å². The predicted molar refractivity (Wildman–Crippen MR) is 147 cm³/mol. The van der Waals surface area contributed by atoms with Crippen LogP contribution in [-0.4, -0.2) is 46.1 Å². The summed E-state index contributed by atoms with van der Waals surface area (Å²) in [6.07, 6.45) is 3.80. The number of carboxylic acid groups (broad SMARTS) is 1. The number of amides is 1. The molecule has 3 heterocycles. The van der Waals surface area contributed by atoms with Gasteiger partial charge in [0.1, 0.15) is 25.4 Å². The molecule has 39 heavy (non-hydrogen) atoms. The van der Waals surface area contributed by atoms with Crippen LogP contribution < -0.4 is 14.8 Å². The summed E-state index contributed by atoms with van der Waals surface area (Å²) in [4.78, 5) is 27.5. The van der Waals surface area contributed by atoms with Crippen LogP contribution in [-0.2, 0) is 4.79 Å². The highest BCUT2D eigenvalue weighted by Gasteiger charge is 2.16. The fourth-order valence-electron chi connectivity index (χ4n) is 4.88. The summed E-state index contributed by atoms with van der Waals surface area (Å²) < 4.78 is 13.5. The Balaban J connectivity index is 1.29. The Bertz CT molecular complexity index is 1720. The first-order valence-electron chi connectivity index (χ1n) is 12.6. The Labute approximate surface area is 224 Å². The van der Waals surface area contributed by atoms with Crippen molar-refractivity contribution in [1.82, 2.24) is 14.7 Å². The number of imidazole rings is 1. The monoisotopic (exact) mass is 519 g/mol. The maximum atomic E-state index is 12.1. The van der Waals surface area contributed by atoms with E-state index >= 15 is 0 Å². The number of hydrogen-bond donors (Lipinski definition) is 2. The number of benzene rings is 3. The number of pyridine rings is 1. The zero-order chi connectivity index (χ0) is 26.9. The molecule has 5 aromatic rings. The molecular formula is C31H25N3O5. The number of carboxylic acids is 1. The van der Waals surface area contributed by atoms with Gasteiger partial charge >= 0.3 is 5.97 Å². The minimum Gasteiger partial charge on any atom is -0.486 e. The summed E-state index contributed by atoms with van der Waals surface area (Å²) in [6.45, 7) is 2.82. The number of hydrogen-bond acceptors (Lipinski definition) is 5. The van der Waals surface area contributed by atoms with E-state index in [2.05, 4.69) is 53.6 Å². The van der Waals surface area contributed by atoms with E-state index < -0.39 is 18.4 Å². The summed E-state index contributed by atoms with van der Waals surface area (Å²) in [5.74, 6) is 0.0233. The van der Waals surface area contributed by atoms with Crippen molar-refractivity contribution in [2.75, 3.05) is 19.8 Å². The van der Waals surface area contributed by atoms with Gasteiger partial charge in [0.15, 0.2) is 11.5 Å². The average molecular weight is 520 g/mol. The van der Waals surface area contributed by atoms with Gasteiger partial charge < -0.3 is 19.9 Å². The van der Waals surface area contributed by atoms with Crippen LogP contribution >= 0.6 is 0 Å². The Morgan fingerprint density at radius 3 is 2.33 bits per heavy atom. The van der Waals surface area contributed by atoms with Gasteiger partial charge in [-0.1, -0.05) is 36.4 Å². The van der Waals surface area contributed by atoms with Crippen LogP contribution in [0, 0.1) is 6.92 Å². The largest absolute Gasteiger partial charge is 0.486 e. The summed E-state index contributed by atoms with van der Waals surface area (Å²) in [5.41, 5.74) is 8.50. The molecule has 0 unspecified atom stereocenters. The molecule has 0 radical (unpaired) electrons. The molecule has 0 aliphatic carbocycles. The van der Waals surface area contributed by atoms with Gasteiger partial charge in [-0.3, -0.25) is 14.0 Å². The molecular weight excluding hydrogens is 494 g/mol. The van der Waals surface area contributed by atoms with Crippen LogP contribution in [0.1, 0.15) is 15.9 Å². The third-order valence-corrected chi connectivity index (χ3v) is 6.85. The minimum absolute atomic E-state index is 0.393. The quantitative estimate of drug-likeness (QED) is 0.319. The minimum atomic E-state index is -1.09. The van der Waals surface area contributed by atoms with Gasteiger partial charge in [-0.25, -0.2) is 4.98 Å². The van der Waals surface area contributed by atoms with Gasteiger partial charge in [0.05, 0.1) is 11.9 Å². The number of carbonyl (C=O) groups excluding carboxylic acids is 1. The van der Waals surface area contributed by atoms with Crippen LogP contribution in [0.15, 0.2) is 85.2 Å². The molecule has 2 N–H and O–H groups in total. The Hall–Kier alpha value is -5.11. The molecule has 0 spiro atoms. The van der Waals surface area contributed by atoms with Crippen LogP contribution in [0.5, 0.6) is 11.5 Å². The lowest BCUT2D eigenvalue weighted by Crippen LogP contribution is -2.29. The van der Waals surface area contributed by atoms with Crippen LogP contribution in [0.2, 0.25) is 0 Å². The molecule has 2 aromatic heterocycles. The second kappa shape index (κ2) is 9.98. The highest BCUT2D eigenvalue weighted by Crippen LogP contribution is 2.38. The highest BCUT2D eigenvalue weighted by molar-refractivity contribution is 5.96. The maximum Gasteiger partial charge on any atom is 0.322 e. The third-order valence-electron chi connectivity index (χ3n) is 6.85. The van der Waals surface area contributed by atoms with Crippen molar-refractivity contribution < 1.29 is 24.2 Å². The Kier molecular flexibility index (Phi) is 6.20. The first-order valence-corrected chi connectivity index (χ1v) is 12.6. The zero-order valence-electron chi connectivity index (χ0n) is 21.2. The summed E-state index contributed by atoms with van der Waals surface area (Å²) in [6, 6.07) is 23.5. The van der Waals surface area contributed by atoms with Gasteiger partial charge in [-0.15, -0.1) is 0 Å². The third kappa shape index (κ3) is 4.68. The first-order chi connectivity index (χ1) is 19.0. The van der Waals surface area contributed by atoms with Crippen molar-refractivity contribution in [3.05, 3.63) is 96.3 Å². The van der Waals surface area contributed by atoms with Gasteiger partial charge in [0, 0.05) is 17.3 Å².